The second-order valence-electron chi connectivity index (χ2n) is 5.19. The molecule has 0 aliphatic heterocycles. The first-order valence-electron chi connectivity index (χ1n) is 6.60. The molecule has 1 N–H and O–H groups in total. The van der Waals surface area contributed by atoms with Crippen molar-refractivity contribution in [3.63, 3.8) is 0 Å². The highest BCUT2D eigenvalue weighted by atomic mass is 35.5. The molecule has 0 unspecified atom stereocenters. The van der Waals surface area contributed by atoms with Gasteiger partial charge >= 0.3 is 0 Å². The molecular weight excluding hydrogens is 308 g/mol. The van der Waals surface area contributed by atoms with Gasteiger partial charge in [0.1, 0.15) is 0 Å². The number of nitrogens with zero attached hydrogens (tertiary/aromatic N) is 1. The lowest BCUT2D eigenvalue weighted by Gasteiger charge is -2.08. The van der Waals surface area contributed by atoms with E-state index in [0.29, 0.717) is 5.02 Å². The van der Waals surface area contributed by atoms with Crippen LogP contribution in [-0.2, 0) is 23.6 Å². The van der Waals surface area contributed by atoms with Crippen LogP contribution in [0.4, 0.5) is 0 Å². The Balaban J connectivity index is 2.21. The lowest BCUT2D eigenvalue weighted by atomic mass is 10.2. The van der Waals surface area contributed by atoms with E-state index in [0.717, 1.165) is 22.5 Å². The average Bonchev–Trinajstić information content (AvgIpc) is 2.67. The van der Waals surface area contributed by atoms with Gasteiger partial charge in [-0.2, -0.15) is 0 Å². The van der Waals surface area contributed by atoms with E-state index in [1.165, 1.54) is 6.07 Å². The lowest BCUT2D eigenvalue weighted by Crippen LogP contribution is -2.23. The molecule has 0 saturated heterocycles. The van der Waals surface area contributed by atoms with Crippen LogP contribution in [-0.4, -0.2) is 13.0 Å². The molecule has 2 aromatic rings. The van der Waals surface area contributed by atoms with Crippen LogP contribution in [0.25, 0.3) is 0 Å². The zero-order valence-corrected chi connectivity index (χ0v) is 14.1. The van der Waals surface area contributed by atoms with Crippen LogP contribution < -0.4 is 4.72 Å². The number of benzene rings is 1. The van der Waals surface area contributed by atoms with E-state index in [-0.39, 0.29) is 11.4 Å². The van der Waals surface area contributed by atoms with Gasteiger partial charge in [0.05, 0.1) is 4.90 Å². The van der Waals surface area contributed by atoms with Gasteiger partial charge in [-0.25, -0.2) is 13.1 Å². The van der Waals surface area contributed by atoms with E-state index in [2.05, 4.69) is 4.72 Å². The largest absolute Gasteiger partial charge is 0.352 e. The van der Waals surface area contributed by atoms with E-state index >= 15 is 0 Å². The van der Waals surface area contributed by atoms with Crippen molar-refractivity contribution >= 4 is 21.6 Å². The Bertz CT molecular complexity index is 779. The van der Waals surface area contributed by atoms with Gasteiger partial charge in [-0.15, -0.1) is 0 Å². The van der Waals surface area contributed by atoms with Crippen LogP contribution in [0.15, 0.2) is 29.2 Å². The molecule has 0 aliphatic rings. The molecular formula is C15H19ClN2O2S. The first-order chi connectivity index (χ1) is 9.72. The van der Waals surface area contributed by atoms with Crippen molar-refractivity contribution in [2.45, 2.75) is 32.2 Å². The number of halogens is 1. The SMILES string of the molecule is Cc1ccc(S(=O)(=O)NCc2cc(C)n(C)c2C)cc1Cl. The predicted octanol–water partition coefficient (Wildman–Crippen LogP) is 3.08. The molecule has 1 aromatic heterocycles. The maximum Gasteiger partial charge on any atom is 0.240 e. The van der Waals surface area contributed by atoms with E-state index in [9.17, 15) is 8.42 Å². The Morgan fingerprint density at radius 2 is 1.86 bits per heavy atom. The van der Waals surface area contributed by atoms with Gasteiger partial charge in [-0.05, 0) is 50.1 Å². The number of hydrogen-bond donors (Lipinski definition) is 1. The minimum atomic E-state index is -3.56. The molecule has 0 radical (unpaired) electrons. The fraction of sp³-hybridized carbons (Fsp3) is 0.333. The predicted molar refractivity (Wildman–Crippen MR) is 85.1 cm³/mol. The summed E-state index contributed by atoms with van der Waals surface area (Å²) >= 11 is 5.99. The van der Waals surface area contributed by atoms with Crippen molar-refractivity contribution in [2.24, 2.45) is 7.05 Å². The molecule has 0 aliphatic carbocycles. The number of aryl methyl sites for hydroxylation is 2. The number of hydrogen-bond acceptors (Lipinski definition) is 2. The van der Waals surface area contributed by atoms with E-state index in [1.54, 1.807) is 12.1 Å². The molecule has 2 rings (SSSR count). The molecule has 0 saturated carbocycles. The Hall–Kier alpha value is -1.30. The van der Waals surface area contributed by atoms with Gasteiger partial charge in [0.2, 0.25) is 10.0 Å². The van der Waals surface area contributed by atoms with Gasteiger partial charge < -0.3 is 4.57 Å². The minimum Gasteiger partial charge on any atom is -0.352 e. The van der Waals surface area contributed by atoms with Crippen LogP contribution in [0.5, 0.6) is 0 Å². The summed E-state index contributed by atoms with van der Waals surface area (Å²) in [5, 5.41) is 0.449. The molecule has 0 bridgehead atoms. The monoisotopic (exact) mass is 326 g/mol. The number of rotatable bonds is 4. The molecule has 114 valence electrons. The molecule has 0 spiro atoms. The number of nitrogens with one attached hydrogen (secondary N) is 1. The zero-order chi connectivity index (χ0) is 15.8. The van der Waals surface area contributed by atoms with Gasteiger partial charge in [-0.1, -0.05) is 17.7 Å². The second kappa shape index (κ2) is 5.83. The third-order valence-electron chi connectivity index (χ3n) is 3.79. The second-order valence-corrected chi connectivity index (χ2v) is 7.37. The van der Waals surface area contributed by atoms with Gasteiger partial charge in [-0.3, -0.25) is 0 Å². The van der Waals surface area contributed by atoms with E-state index < -0.39 is 10.0 Å². The first kappa shape index (κ1) is 16.1. The third-order valence-corrected chi connectivity index (χ3v) is 5.59. The zero-order valence-electron chi connectivity index (χ0n) is 12.6. The van der Waals surface area contributed by atoms with Gasteiger partial charge in [0.15, 0.2) is 0 Å². The number of sulfonamides is 1. The summed E-state index contributed by atoms with van der Waals surface area (Å²) in [6.07, 6.45) is 0. The quantitative estimate of drug-likeness (QED) is 0.938. The highest BCUT2D eigenvalue weighted by Gasteiger charge is 2.16. The van der Waals surface area contributed by atoms with Crippen LogP contribution in [0.2, 0.25) is 5.02 Å². The average molecular weight is 327 g/mol. The van der Waals surface area contributed by atoms with Crippen LogP contribution >= 0.6 is 11.6 Å². The van der Waals surface area contributed by atoms with Crippen LogP contribution in [0.3, 0.4) is 0 Å². The summed E-state index contributed by atoms with van der Waals surface area (Å²) in [6.45, 7) is 6.06. The molecule has 4 nitrogen and oxygen atoms in total. The minimum absolute atomic E-state index is 0.184. The standard InChI is InChI=1S/C15H19ClN2O2S/c1-10-5-6-14(8-15(10)16)21(19,20)17-9-13-7-11(2)18(4)12(13)3/h5-8,17H,9H2,1-4H3. The van der Waals surface area contributed by atoms with Crippen molar-refractivity contribution < 1.29 is 8.42 Å². The van der Waals surface area contributed by atoms with Gasteiger partial charge in [0.25, 0.3) is 0 Å². The Morgan fingerprint density at radius 3 is 2.38 bits per heavy atom. The fourth-order valence-electron chi connectivity index (χ4n) is 2.11. The van der Waals surface area contributed by atoms with E-state index in [1.807, 2.05) is 38.5 Å². The Labute approximate surface area is 130 Å². The normalized spacial score (nSPS) is 11.9. The Kier molecular flexibility index (Phi) is 4.46. The maximum atomic E-state index is 12.3. The highest BCUT2D eigenvalue weighted by Crippen LogP contribution is 2.20. The summed E-state index contributed by atoms with van der Waals surface area (Å²) in [4.78, 5) is 0.184. The molecule has 0 fully saturated rings. The van der Waals surface area contributed by atoms with Gasteiger partial charge in [0, 0.05) is 30.0 Å². The topological polar surface area (TPSA) is 51.1 Å². The molecule has 1 heterocycles. The third kappa shape index (κ3) is 3.31. The summed E-state index contributed by atoms with van der Waals surface area (Å²) in [5.41, 5.74) is 3.97. The maximum absolute atomic E-state index is 12.3. The summed E-state index contributed by atoms with van der Waals surface area (Å²) in [5.74, 6) is 0. The van der Waals surface area contributed by atoms with E-state index in [4.69, 9.17) is 11.6 Å². The van der Waals surface area contributed by atoms with Crippen molar-refractivity contribution in [3.05, 3.63) is 51.8 Å². The molecule has 21 heavy (non-hydrogen) atoms. The lowest BCUT2D eigenvalue weighted by molar-refractivity contribution is 0.581. The first-order valence-corrected chi connectivity index (χ1v) is 8.46. The van der Waals surface area contributed by atoms with Crippen molar-refractivity contribution in [2.75, 3.05) is 0 Å². The summed E-state index contributed by atoms with van der Waals surface area (Å²) in [7, 11) is -1.60. The Morgan fingerprint density at radius 1 is 1.19 bits per heavy atom. The fourth-order valence-corrected chi connectivity index (χ4v) is 3.39. The highest BCUT2D eigenvalue weighted by molar-refractivity contribution is 7.89. The summed E-state index contributed by atoms with van der Waals surface area (Å²) < 4.78 is 29.2. The van der Waals surface area contributed by atoms with Crippen molar-refractivity contribution in [1.29, 1.82) is 0 Å². The van der Waals surface area contributed by atoms with Crippen LogP contribution in [0.1, 0.15) is 22.5 Å². The van der Waals surface area contributed by atoms with Crippen molar-refractivity contribution in [3.8, 4) is 0 Å². The van der Waals surface area contributed by atoms with Crippen molar-refractivity contribution in [1.82, 2.24) is 9.29 Å². The molecule has 6 heteroatoms. The van der Waals surface area contributed by atoms with Crippen LogP contribution in [0, 0.1) is 20.8 Å². The molecule has 0 amide bonds. The molecule has 1 aromatic carbocycles. The number of aromatic nitrogens is 1. The molecule has 0 atom stereocenters. The smallest absolute Gasteiger partial charge is 0.240 e. The summed E-state index contributed by atoms with van der Waals surface area (Å²) in [6, 6.07) is 6.73.